The second-order valence-electron chi connectivity index (χ2n) is 5.89. The first-order valence-corrected chi connectivity index (χ1v) is 8.37. The zero-order chi connectivity index (χ0) is 15.7. The second kappa shape index (κ2) is 9.90. The molecule has 1 N–H and O–H groups in total. The van der Waals surface area contributed by atoms with E-state index in [-0.39, 0.29) is 0 Å². The summed E-state index contributed by atoms with van der Waals surface area (Å²) in [5.74, 6) is 2.14. The molecule has 1 heterocycles. The van der Waals surface area contributed by atoms with Gasteiger partial charge in [-0.2, -0.15) is 4.98 Å². The van der Waals surface area contributed by atoms with Gasteiger partial charge in [-0.25, -0.2) is 0 Å². The van der Waals surface area contributed by atoms with Gasteiger partial charge in [0.15, 0.2) is 5.82 Å². The molecule has 1 unspecified atom stereocenters. The number of aromatic nitrogens is 2. The quantitative estimate of drug-likeness (QED) is 0.680. The number of hydrogen-bond donors (Lipinski definition) is 1. The van der Waals surface area contributed by atoms with Crippen molar-refractivity contribution < 1.29 is 4.52 Å². The minimum atomic E-state index is 0.404. The molecule has 0 aromatic carbocycles. The summed E-state index contributed by atoms with van der Waals surface area (Å²) in [6, 6.07) is 0.404. The maximum absolute atomic E-state index is 5.41. The van der Waals surface area contributed by atoms with E-state index >= 15 is 0 Å². The van der Waals surface area contributed by atoms with Crippen LogP contribution in [-0.2, 0) is 12.8 Å². The van der Waals surface area contributed by atoms with Crippen LogP contribution in [0.4, 0.5) is 0 Å². The van der Waals surface area contributed by atoms with Gasteiger partial charge in [-0.05, 0) is 32.0 Å². The first-order valence-electron chi connectivity index (χ1n) is 8.37. The molecule has 1 aromatic rings. The topological polar surface area (TPSA) is 54.2 Å². The molecule has 0 aliphatic carbocycles. The average molecular weight is 296 g/mol. The van der Waals surface area contributed by atoms with Crippen LogP contribution in [0.2, 0.25) is 0 Å². The van der Waals surface area contributed by atoms with E-state index in [1.165, 1.54) is 0 Å². The van der Waals surface area contributed by atoms with Gasteiger partial charge in [-0.15, -0.1) is 0 Å². The molecular weight excluding hydrogens is 264 g/mol. The van der Waals surface area contributed by atoms with Crippen molar-refractivity contribution in [1.82, 2.24) is 20.4 Å². The third kappa shape index (κ3) is 6.57. The zero-order valence-corrected chi connectivity index (χ0v) is 14.4. The number of nitrogens with zero attached hydrogens (tertiary/aromatic N) is 3. The molecule has 0 aliphatic rings. The van der Waals surface area contributed by atoms with Crippen LogP contribution >= 0.6 is 0 Å². The van der Waals surface area contributed by atoms with Gasteiger partial charge in [0.25, 0.3) is 0 Å². The summed E-state index contributed by atoms with van der Waals surface area (Å²) in [5.41, 5.74) is 0. The lowest BCUT2D eigenvalue weighted by atomic mass is 10.0. The van der Waals surface area contributed by atoms with Crippen molar-refractivity contribution in [3.63, 3.8) is 0 Å². The Morgan fingerprint density at radius 3 is 2.48 bits per heavy atom. The predicted octanol–water partition coefficient (Wildman–Crippen LogP) is 2.52. The third-order valence-electron chi connectivity index (χ3n) is 3.91. The molecular formula is C16H32N4O. The molecule has 0 radical (unpaired) electrons. The van der Waals surface area contributed by atoms with Gasteiger partial charge in [-0.3, -0.25) is 0 Å². The fourth-order valence-electron chi connectivity index (χ4n) is 2.33. The Morgan fingerprint density at radius 2 is 1.90 bits per heavy atom. The van der Waals surface area contributed by atoms with Crippen LogP contribution in [0.5, 0.6) is 0 Å². The minimum absolute atomic E-state index is 0.404. The largest absolute Gasteiger partial charge is 0.339 e. The molecule has 122 valence electrons. The average Bonchev–Trinajstić information content (AvgIpc) is 2.92. The minimum Gasteiger partial charge on any atom is -0.339 e. The summed E-state index contributed by atoms with van der Waals surface area (Å²) in [6.45, 7) is 15.2. The predicted molar refractivity (Wildman–Crippen MR) is 86.4 cm³/mol. The first-order chi connectivity index (χ1) is 10.1. The monoisotopic (exact) mass is 296 g/mol. The lowest BCUT2D eigenvalue weighted by Gasteiger charge is -2.20. The van der Waals surface area contributed by atoms with Gasteiger partial charge in [0.05, 0.1) is 0 Å². The molecule has 1 atom stereocenters. The Labute approximate surface area is 129 Å². The number of nitrogens with one attached hydrogen (secondary N) is 1. The van der Waals surface area contributed by atoms with Crippen LogP contribution in [0, 0.1) is 5.92 Å². The van der Waals surface area contributed by atoms with Gasteiger partial charge < -0.3 is 14.7 Å². The number of rotatable bonds is 11. The zero-order valence-electron chi connectivity index (χ0n) is 14.4. The lowest BCUT2D eigenvalue weighted by molar-refractivity contribution is 0.301. The van der Waals surface area contributed by atoms with Crippen LogP contribution in [0.15, 0.2) is 4.52 Å². The van der Waals surface area contributed by atoms with E-state index in [1.54, 1.807) is 0 Å². The smallest absolute Gasteiger partial charge is 0.228 e. The van der Waals surface area contributed by atoms with Crippen molar-refractivity contribution in [2.45, 2.75) is 59.9 Å². The highest BCUT2D eigenvalue weighted by Gasteiger charge is 2.17. The molecule has 0 fully saturated rings. The Kier molecular flexibility index (Phi) is 8.54. The Balaban J connectivity index is 2.49. The van der Waals surface area contributed by atoms with Crippen molar-refractivity contribution in [3.8, 4) is 0 Å². The normalized spacial score (nSPS) is 13.3. The molecule has 0 saturated carbocycles. The van der Waals surface area contributed by atoms with Crippen LogP contribution in [0.3, 0.4) is 0 Å². The summed E-state index contributed by atoms with van der Waals surface area (Å²) in [6.07, 6.45) is 2.82. The van der Waals surface area contributed by atoms with Crippen LogP contribution < -0.4 is 5.32 Å². The SMILES string of the molecule is CCCNC(Cc1nc(CCN(CC)CC)no1)C(C)C. The Bertz CT molecular complexity index is 374. The molecule has 0 bridgehead atoms. The van der Waals surface area contributed by atoms with Gasteiger partial charge in [0, 0.05) is 25.4 Å². The number of hydrogen-bond acceptors (Lipinski definition) is 5. The molecule has 5 nitrogen and oxygen atoms in total. The van der Waals surface area contributed by atoms with Crippen LogP contribution in [0.1, 0.15) is 52.8 Å². The second-order valence-corrected chi connectivity index (χ2v) is 5.89. The van der Waals surface area contributed by atoms with E-state index < -0.39 is 0 Å². The Morgan fingerprint density at radius 1 is 1.19 bits per heavy atom. The Hall–Kier alpha value is -0.940. The summed E-state index contributed by atoms with van der Waals surface area (Å²) < 4.78 is 5.41. The highest BCUT2D eigenvalue weighted by Crippen LogP contribution is 2.09. The van der Waals surface area contributed by atoms with E-state index in [0.717, 1.165) is 57.2 Å². The maximum Gasteiger partial charge on any atom is 0.228 e. The summed E-state index contributed by atoms with van der Waals surface area (Å²) in [5, 5.41) is 7.67. The fourth-order valence-corrected chi connectivity index (χ4v) is 2.33. The van der Waals surface area contributed by atoms with Gasteiger partial charge in [-0.1, -0.05) is 39.8 Å². The lowest BCUT2D eigenvalue weighted by Crippen LogP contribution is -2.36. The van der Waals surface area contributed by atoms with Gasteiger partial charge >= 0.3 is 0 Å². The highest BCUT2D eigenvalue weighted by atomic mass is 16.5. The molecule has 1 aromatic heterocycles. The fraction of sp³-hybridized carbons (Fsp3) is 0.875. The van der Waals surface area contributed by atoms with Crippen molar-refractivity contribution >= 4 is 0 Å². The molecule has 0 amide bonds. The standard InChI is InChI=1S/C16H32N4O/c1-6-10-17-14(13(4)5)12-16-18-15(19-21-16)9-11-20(7-2)8-3/h13-14,17H,6-12H2,1-5H3. The summed E-state index contributed by atoms with van der Waals surface area (Å²) in [7, 11) is 0. The summed E-state index contributed by atoms with van der Waals surface area (Å²) >= 11 is 0. The third-order valence-corrected chi connectivity index (χ3v) is 3.91. The van der Waals surface area contributed by atoms with E-state index in [9.17, 15) is 0 Å². The van der Waals surface area contributed by atoms with Gasteiger partial charge in [0.1, 0.15) is 0 Å². The molecule has 0 aliphatic heterocycles. The van der Waals surface area contributed by atoms with Crippen molar-refractivity contribution in [3.05, 3.63) is 11.7 Å². The first kappa shape index (κ1) is 18.1. The molecule has 0 spiro atoms. The molecule has 1 rings (SSSR count). The van der Waals surface area contributed by atoms with E-state index in [2.05, 4.69) is 55.0 Å². The van der Waals surface area contributed by atoms with E-state index in [1.807, 2.05) is 0 Å². The van der Waals surface area contributed by atoms with Gasteiger partial charge in [0.2, 0.25) is 5.89 Å². The van der Waals surface area contributed by atoms with E-state index in [4.69, 9.17) is 4.52 Å². The molecule has 0 saturated heterocycles. The maximum atomic E-state index is 5.41. The molecule has 5 heteroatoms. The van der Waals surface area contributed by atoms with Crippen molar-refractivity contribution in [2.24, 2.45) is 5.92 Å². The number of likely N-dealkylation sites (N-methyl/N-ethyl adjacent to an activating group) is 1. The van der Waals surface area contributed by atoms with Crippen LogP contribution in [-0.4, -0.2) is 47.3 Å². The molecule has 21 heavy (non-hydrogen) atoms. The summed E-state index contributed by atoms with van der Waals surface area (Å²) in [4.78, 5) is 6.91. The highest BCUT2D eigenvalue weighted by molar-refractivity contribution is 4.91. The van der Waals surface area contributed by atoms with Crippen molar-refractivity contribution in [1.29, 1.82) is 0 Å². The van der Waals surface area contributed by atoms with Crippen molar-refractivity contribution in [2.75, 3.05) is 26.2 Å². The van der Waals surface area contributed by atoms with E-state index in [0.29, 0.717) is 12.0 Å². The van der Waals surface area contributed by atoms with Crippen LogP contribution in [0.25, 0.3) is 0 Å².